The number of ether oxygens (including phenoxy) is 1. The first-order valence-electron chi connectivity index (χ1n) is 8.63. The van der Waals surface area contributed by atoms with Crippen LogP contribution in [0.4, 0.5) is 0 Å². The average Bonchev–Trinajstić information content (AvgIpc) is 2.57. The first kappa shape index (κ1) is 20.0. The van der Waals surface area contributed by atoms with Gasteiger partial charge in [-0.25, -0.2) is 8.42 Å². The summed E-state index contributed by atoms with van der Waals surface area (Å²) >= 11 is 0. The molecule has 25 heavy (non-hydrogen) atoms. The molecule has 1 fully saturated rings. The Bertz CT molecular complexity index is 693. The van der Waals surface area contributed by atoms with E-state index in [1.165, 1.54) is 17.3 Å². The van der Waals surface area contributed by atoms with Gasteiger partial charge >= 0.3 is 0 Å². The second-order valence-electron chi connectivity index (χ2n) is 6.69. The van der Waals surface area contributed by atoms with E-state index in [9.17, 15) is 13.2 Å². The van der Waals surface area contributed by atoms with Gasteiger partial charge in [0.05, 0.1) is 4.90 Å². The maximum absolute atomic E-state index is 13.0. The summed E-state index contributed by atoms with van der Waals surface area (Å²) < 4.78 is 32.6. The summed E-state index contributed by atoms with van der Waals surface area (Å²) in [5.41, 5.74) is 0.417. The van der Waals surface area contributed by atoms with Crippen LogP contribution in [0.25, 0.3) is 0 Å². The molecule has 0 aliphatic carbocycles. The van der Waals surface area contributed by atoms with Crippen LogP contribution in [0, 0.1) is 0 Å². The number of nitrogens with zero attached hydrogens (tertiary/aromatic N) is 2. The summed E-state index contributed by atoms with van der Waals surface area (Å²) in [4.78, 5) is 14.1. The van der Waals surface area contributed by atoms with Crippen LogP contribution in [0.2, 0.25) is 0 Å². The lowest BCUT2D eigenvalue weighted by Crippen LogP contribution is -2.58. The molecule has 1 aliphatic heterocycles. The molecule has 0 N–H and O–H groups in total. The number of piperazine rings is 1. The van der Waals surface area contributed by atoms with Gasteiger partial charge in [-0.05, 0) is 39.3 Å². The van der Waals surface area contributed by atoms with Gasteiger partial charge in [-0.3, -0.25) is 9.69 Å². The molecule has 0 saturated carbocycles. The molecule has 1 saturated heterocycles. The van der Waals surface area contributed by atoms with Gasteiger partial charge in [-0.15, -0.1) is 0 Å². The lowest BCUT2D eigenvalue weighted by molar-refractivity contribution is 0.0666. The Balaban J connectivity index is 2.16. The average molecular weight is 368 g/mol. The maximum Gasteiger partial charge on any atom is 0.243 e. The van der Waals surface area contributed by atoms with Gasteiger partial charge in [0.15, 0.2) is 5.78 Å². The highest BCUT2D eigenvalue weighted by Crippen LogP contribution is 2.24. The van der Waals surface area contributed by atoms with E-state index in [1.54, 1.807) is 25.3 Å². The van der Waals surface area contributed by atoms with Crippen molar-refractivity contribution in [1.82, 2.24) is 9.21 Å². The van der Waals surface area contributed by atoms with E-state index >= 15 is 0 Å². The van der Waals surface area contributed by atoms with E-state index in [-0.39, 0.29) is 22.8 Å². The van der Waals surface area contributed by atoms with Crippen molar-refractivity contribution in [3.63, 3.8) is 0 Å². The molecule has 1 aromatic rings. The molecule has 0 aromatic heterocycles. The van der Waals surface area contributed by atoms with Crippen LogP contribution < -0.4 is 0 Å². The smallest absolute Gasteiger partial charge is 0.243 e. The monoisotopic (exact) mass is 368 g/mol. The zero-order valence-electron chi connectivity index (χ0n) is 15.4. The molecule has 140 valence electrons. The molecule has 0 radical (unpaired) electrons. The van der Waals surface area contributed by atoms with Gasteiger partial charge in [0, 0.05) is 51.0 Å². The van der Waals surface area contributed by atoms with Gasteiger partial charge in [0.1, 0.15) is 0 Å². The first-order valence-corrected chi connectivity index (χ1v) is 10.1. The molecule has 2 atom stereocenters. The van der Waals surface area contributed by atoms with Gasteiger partial charge in [0.2, 0.25) is 10.0 Å². The van der Waals surface area contributed by atoms with Gasteiger partial charge in [0.25, 0.3) is 0 Å². The lowest BCUT2D eigenvalue weighted by Gasteiger charge is -2.43. The number of hydrogen-bond donors (Lipinski definition) is 0. The highest BCUT2D eigenvalue weighted by atomic mass is 32.2. The van der Waals surface area contributed by atoms with Crippen molar-refractivity contribution in [1.29, 1.82) is 0 Å². The van der Waals surface area contributed by atoms with Crippen LogP contribution in [-0.2, 0) is 14.8 Å². The van der Waals surface area contributed by atoms with Crippen molar-refractivity contribution in [2.45, 2.75) is 44.2 Å². The number of Topliss-reactive ketones (excluding diaryl/α,β-unsaturated/α-hetero) is 1. The molecular weight excluding hydrogens is 340 g/mol. The molecule has 2 rings (SSSR count). The number of sulfonamides is 1. The molecule has 0 spiro atoms. The summed E-state index contributed by atoms with van der Waals surface area (Å²) in [6, 6.07) is 6.55. The first-order chi connectivity index (χ1) is 11.8. The summed E-state index contributed by atoms with van der Waals surface area (Å²) in [7, 11) is -1.92. The molecule has 7 heteroatoms. The maximum atomic E-state index is 13.0. The van der Waals surface area contributed by atoms with Crippen LogP contribution in [0.1, 0.15) is 37.6 Å². The molecule has 1 heterocycles. The molecule has 1 aromatic carbocycles. The van der Waals surface area contributed by atoms with Crippen molar-refractivity contribution >= 4 is 15.8 Å². The van der Waals surface area contributed by atoms with Crippen LogP contribution in [0.5, 0.6) is 0 Å². The Morgan fingerprint density at radius 3 is 2.44 bits per heavy atom. The predicted molar refractivity (Wildman–Crippen MR) is 97.3 cm³/mol. The van der Waals surface area contributed by atoms with E-state index in [4.69, 9.17) is 4.74 Å². The van der Waals surface area contributed by atoms with E-state index in [2.05, 4.69) is 18.7 Å². The quantitative estimate of drug-likeness (QED) is 0.544. The van der Waals surface area contributed by atoms with Crippen LogP contribution in [0.3, 0.4) is 0 Å². The van der Waals surface area contributed by atoms with E-state index < -0.39 is 10.0 Å². The van der Waals surface area contributed by atoms with Gasteiger partial charge in [-0.2, -0.15) is 4.31 Å². The minimum Gasteiger partial charge on any atom is -0.385 e. The second kappa shape index (κ2) is 8.40. The Morgan fingerprint density at radius 2 is 1.88 bits per heavy atom. The molecule has 1 aliphatic rings. The minimum atomic E-state index is -3.60. The van der Waals surface area contributed by atoms with E-state index in [1.807, 2.05) is 0 Å². The van der Waals surface area contributed by atoms with Crippen molar-refractivity contribution < 1.29 is 17.9 Å². The standard InChI is InChI=1S/C18H28N2O4S/c1-14-12-19(13-15(2)20(14)9-6-10-24-4)25(22,23)18-8-5-7-17(11-18)16(3)21/h5,7-8,11,14-15H,6,9-10,12-13H2,1-4H3. The summed E-state index contributed by atoms with van der Waals surface area (Å²) in [6.07, 6.45) is 0.929. The largest absolute Gasteiger partial charge is 0.385 e. The normalized spacial score (nSPS) is 22.9. The van der Waals surface area contributed by atoms with Crippen molar-refractivity contribution in [3.8, 4) is 0 Å². The third-order valence-electron chi connectivity index (χ3n) is 4.71. The number of rotatable bonds is 7. The Morgan fingerprint density at radius 1 is 1.24 bits per heavy atom. The number of benzene rings is 1. The van der Waals surface area contributed by atoms with E-state index in [0.717, 1.165) is 13.0 Å². The number of carbonyl (C=O) groups is 1. The van der Waals surface area contributed by atoms with Crippen LogP contribution in [-0.4, -0.2) is 68.8 Å². The lowest BCUT2D eigenvalue weighted by atomic mass is 10.1. The van der Waals surface area contributed by atoms with Crippen molar-refractivity contribution in [2.24, 2.45) is 0 Å². The molecule has 0 amide bonds. The van der Waals surface area contributed by atoms with Gasteiger partial charge < -0.3 is 4.74 Å². The highest BCUT2D eigenvalue weighted by molar-refractivity contribution is 7.89. The fourth-order valence-electron chi connectivity index (χ4n) is 3.36. The summed E-state index contributed by atoms with van der Waals surface area (Å²) in [6.45, 7) is 8.04. The minimum absolute atomic E-state index is 0.131. The molecular formula is C18H28N2O4S. The Labute approximate surface area is 150 Å². The number of carbonyl (C=O) groups excluding carboxylic acids is 1. The topological polar surface area (TPSA) is 66.9 Å². The van der Waals surface area contributed by atoms with Crippen LogP contribution in [0.15, 0.2) is 29.2 Å². The molecule has 0 bridgehead atoms. The SMILES string of the molecule is COCCCN1C(C)CN(S(=O)(=O)c2cccc(C(C)=O)c2)CC1C. The Kier molecular flexibility index (Phi) is 6.73. The number of ketones is 1. The zero-order valence-corrected chi connectivity index (χ0v) is 16.3. The summed E-state index contributed by atoms with van der Waals surface area (Å²) in [5, 5.41) is 0. The van der Waals surface area contributed by atoms with Crippen molar-refractivity contribution in [3.05, 3.63) is 29.8 Å². The summed E-state index contributed by atoms with van der Waals surface area (Å²) in [5.74, 6) is -0.137. The third kappa shape index (κ3) is 4.67. The van der Waals surface area contributed by atoms with Crippen LogP contribution >= 0.6 is 0 Å². The number of methoxy groups -OCH3 is 1. The fourth-order valence-corrected chi connectivity index (χ4v) is 5.01. The highest BCUT2D eigenvalue weighted by Gasteiger charge is 2.35. The number of hydrogen-bond acceptors (Lipinski definition) is 5. The second-order valence-corrected chi connectivity index (χ2v) is 8.63. The zero-order chi connectivity index (χ0) is 18.6. The van der Waals surface area contributed by atoms with Gasteiger partial charge in [-0.1, -0.05) is 12.1 Å². The molecule has 2 unspecified atom stereocenters. The van der Waals surface area contributed by atoms with E-state index in [0.29, 0.717) is 25.3 Å². The third-order valence-corrected chi connectivity index (χ3v) is 6.54. The van der Waals surface area contributed by atoms with Crippen molar-refractivity contribution in [2.75, 3.05) is 33.4 Å². The predicted octanol–water partition coefficient (Wildman–Crippen LogP) is 2.01. The fraction of sp³-hybridized carbons (Fsp3) is 0.611. The Hall–Kier alpha value is -1.28. The molecule has 6 nitrogen and oxygen atoms in total.